The Morgan fingerprint density at radius 2 is 2.05 bits per heavy atom. The molecule has 0 saturated carbocycles. The number of nitrogens with zero attached hydrogens (tertiary/aromatic N) is 2. The molecule has 2 fully saturated rings. The molecule has 0 radical (unpaired) electrons. The lowest BCUT2D eigenvalue weighted by atomic mass is 9.79. The highest BCUT2D eigenvalue weighted by atomic mass is 16.5. The third-order valence-electron chi connectivity index (χ3n) is 4.59. The predicted molar refractivity (Wildman–Crippen MR) is 73.3 cm³/mol. The molecule has 2 rings (SSSR count). The van der Waals surface area contributed by atoms with E-state index in [-0.39, 0.29) is 0 Å². The fourth-order valence-electron chi connectivity index (χ4n) is 3.25. The van der Waals surface area contributed by atoms with Crippen molar-refractivity contribution in [2.45, 2.75) is 32.2 Å². The van der Waals surface area contributed by atoms with Crippen LogP contribution in [0.5, 0.6) is 0 Å². The van der Waals surface area contributed by atoms with Gasteiger partial charge >= 0.3 is 5.97 Å². The largest absolute Gasteiger partial charge is 0.481 e. The van der Waals surface area contributed by atoms with E-state index >= 15 is 0 Å². The van der Waals surface area contributed by atoms with Crippen molar-refractivity contribution >= 4 is 5.97 Å². The van der Waals surface area contributed by atoms with Gasteiger partial charge < -0.3 is 14.7 Å². The van der Waals surface area contributed by atoms with E-state index in [9.17, 15) is 9.90 Å². The zero-order chi connectivity index (χ0) is 13.9. The van der Waals surface area contributed by atoms with E-state index < -0.39 is 11.4 Å². The van der Waals surface area contributed by atoms with Gasteiger partial charge in [-0.2, -0.15) is 0 Å². The molecule has 2 aliphatic heterocycles. The molecule has 0 aromatic heterocycles. The number of rotatable bonds is 3. The maximum Gasteiger partial charge on any atom is 0.311 e. The minimum Gasteiger partial charge on any atom is -0.481 e. The summed E-state index contributed by atoms with van der Waals surface area (Å²) < 4.78 is 5.34. The van der Waals surface area contributed by atoms with Crippen LogP contribution in [0.4, 0.5) is 0 Å². The molecule has 2 aliphatic rings. The zero-order valence-corrected chi connectivity index (χ0v) is 12.1. The average molecular weight is 270 g/mol. The van der Waals surface area contributed by atoms with Crippen LogP contribution in [0.2, 0.25) is 0 Å². The molecule has 5 heteroatoms. The summed E-state index contributed by atoms with van der Waals surface area (Å²) >= 11 is 0. The summed E-state index contributed by atoms with van der Waals surface area (Å²) in [5, 5.41) is 9.64. The second kappa shape index (κ2) is 6.20. The lowest BCUT2D eigenvalue weighted by molar-refractivity contribution is -0.157. The molecule has 2 saturated heterocycles. The molecule has 0 aromatic carbocycles. The summed E-state index contributed by atoms with van der Waals surface area (Å²) in [6.07, 6.45) is 2.40. The molecule has 5 nitrogen and oxygen atoms in total. The number of carboxylic acid groups (broad SMARTS) is 1. The Hall–Kier alpha value is -0.650. The molecule has 1 N–H and O–H groups in total. The molecular formula is C14H26N2O3. The van der Waals surface area contributed by atoms with Gasteiger partial charge in [-0.15, -0.1) is 0 Å². The van der Waals surface area contributed by atoms with Gasteiger partial charge in [-0.25, -0.2) is 0 Å². The van der Waals surface area contributed by atoms with E-state index in [0.717, 1.165) is 26.1 Å². The van der Waals surface area contributed by atoms with Crippen molar-refractivity contribution in [3.05, 3.63) is 0 Å². The molecule has 110 valence electrons. The van der Waals surface area contributed by atoms with E-state index in [1.165, 1.54) is 0 Å². The lowest BCUT2D eigenvalue weighted by Gasteiger charge is -2.39. The number of carboxylic acids is 1. The number of aliphatic carboxylic acids is 1. The second-order valence-electron chi connectivity index (χ2n) is 6.13. The Morgan fingerprint density at radius 3 is 2.68 bits per heavy atom. The highest BCUT2D eigenvalue weighted by Crippen LogP contribution is 2.33. The van der Waals surface area contributed by atoms with Crippen molar-refractivity contribution < 1.29 is 14.6 Å². The molecule has 19 heavy (non-hydrogen) atoms. The number of likely N-dealkylation sites (N-methyl/N-ethyl adjacent to an activating group) is 1. The first kappa shape index (κ1) is 14.8. The summed E-state index contributed by atoms with van der Waals surface area (Å²) in [5.74, 6) is -0.652. The first-order valence-corrected chi connectivity index (χ1v) is 7.27. The normalized spacial score (nSPS) is 29.9. The van der Waals surface area contributed by atoms with Crippen molar-refractivity contribution in [2.24, 2.45) is 5.41 Å². The van der Waals surface area contributed by atoms with Crippen LogP contribution in [0, 0.1) is 5.41 Å². The van der Waals surface area contributed by atoms with E-state index in [2.05, 4.69) is 23.8 Å². The minimum absolute atomic E-state index is 0.423. The van der Waals surface area contributed by atoms with Crippen LogP contribution in [0.15, 0.2) is 0 Å². The van der Waals surface area contributed by atoms with Gasteiger partial charge in [0.2, 0.25) is 0 Å². The van der Waals surface area contributed by atoms with Crippen LogP contribution < -0.4 is 0 Å². The van der Waals surface area contributed by atoms with Crippen molar-refractivity contribution in [2.75, 3.05) is 46.4 Å². The number of hydrogen-bond acceptors (Lipinski definition) is 4. The van der Waals surface area contributed by atoms with Gasteiger partial charge in [-0.05, 0) is 46.3 Å². The summed E-state index contributed by atoms with van der Waals surface area (Å²) in [7, 11) is 2.14. The summed E-state index contributed by atoms with van der Waals surface area (Å²) in [6, 6.07) is 0.423. The summed E-state index contributed by atoms with van der Waals surface area (Å²) in [4.78, 5) is 16.4. The molecule has 1 atom stereocenters. The van der Waals surface area contributed by atoms with Crippen LogP contribution in [0.3, 0.4) is 0 Å². The van der Waals surface area contributed by atoms with Crippen molar-refractivity contribution in [1.82, 2.24) is 9.80 Å². The van der Waals surface area contributed by atoms with Crippen molar-refractivity contribution in [3.63, 3.8) is 0 Å². The first-order valence-electron chi connectivity index (χ1n) is 7.27. The predicted octanol–water partition coefficient (Wildman–Crippen LogP) is 0.894. The van der Waals surface area contributed by atoms with Gasteiger partial charge in [0.1, 0.15) is 0 Å². The highest BCUT2D eigenvalue weighted by Gasteiger charge is 2.42. The molecule has 0 spiro atoms. The van der Waals surface area contributed by atoms with Crippen LogP contribution in [0.1, 0.15) is 26.2 Å². The highest BCUT2D eigenvalue weighted by molar-refractivity contribution is 5.75. The number of hydrogen-bond donors (Lipinski definition) is 1. The Labute approximate surface area is 115 Å². The Bertz CT molecular complexity index is 316. The van der Waals surface area contributed by atoms with Gasteiger partial charge in [0, 0.05) is 32.3 Å². The zero-order valence-electron chi connectivity index (χ0n) is 12.1. The van der Waals surface area contributed by atoms with E-state index in [4.69, 9.17) is 4.74 Å². The Kier molecular flexibility index (Phi) is 4.81. The fourth-order valence-corrected chi connectivity index (χ4v) is 3.25. The molecule has 0 aliphatic carbocycles. The van der Waals surface area contributed by atoms with Gasteiger partial charge in [0.15, 0.2) is 0 Å². The van der Waals surface area contributed by atoms with Crippen molar-refractivity contribution in [3.8, 4) is 0 Å². The van der Waals surface area contributed by atoms with E-state index in [0.29, 0.717) is 38.6 Å². The van der Waals surface area contributed by atoms with Crippen LogP contribution in [0.25, 0.3) is 0 Å². The van der Waals surface area contributed by atoms with Crippen LogP contribution >= 0.6 is 0 Å². The summed E-state index contributed by atoms with van der Waals surface area (Å²) in [6.45, 7) is 7.15. The summed E-state index contributed by atoms with van der Waals surface area (Å²) in [5.41, 5.74) is -0.602. The van der Waals surface area contributed by atoms with Gasteiger partial charge in [-0.3, -0.25) is 9.69 Å². The standard InChI is InChI=1S/C14H26N2O3/c1-12-10-15(2)6-3-7-16(12)11-14(13(17)18)4-8-19-9-5-14/h12H,3-11H2,1-2H3,(H,17,18). The van der Waals surface area contributed by atoms with Gasteiger partial charge in [0.05, 0.1) is 5.41 Å². The van der Waals surface area contributed by atoms with E-state index in [1.54, 1.807) is 0 Å². The van der Waals surface area contributed by atoms with Gasteiger partial charge in [-0.1, -0.05) is 0 Å². The molecule has 1 unspecified atom stereocenters. The topological polar surface area (TPSA) is 53.0 Å². The lowest BCUT2D eigenvalue weighted by Crippen LogP contribution is -2.50. The third-order valence-corrected chi connectivity index (χ3v) is 4.59. The number of carbonyl (C=O) groups is 1. The van der Waals surface area contributed by atoms with Crippen LogP contribution in [-0.2, 0) is 9.53 Å². The Morgan fingerprint density at radius 1 is 1.37 bits per heavy atom. The SMILES string of the molecule is CC1CN(C)CCCN1CC1(C(=O)O)CCOCC1. The van der Waals surface area contributed by atoms with Crippen molar-refractivity contribution in [1.29, 1.82) is 0 Å². The smallest absolute Gasteiger partial charge is 0.311 e. The quantitative estimate of drug-likeness (QED) is 0.825. The maximum absolute atomic E-state index is 11.7. The monoisotopic (exact) mass is 270 g/mol. The molecule has 2 heterocycles. The third kappa shape index (κ3) is 3.46. The fraction of sp³-hybridized carbons (Fsp3) is 0.929. The number of ether oxygens (including phenoxy) is 1. The second-order valence-corrected chi connectivity index (χ2v) is 6.13. The average Bonchev–Trinajstić information content (AvgIpc) is 2.52. The van der Waals surface area contributed by atoms with Crippen LogP contribution in [-0.4, -0.2) is 73.4 Å². The molecule has 0 bridgehead atoms. The molecule has 0 aromatic rings. The van der Waals surface area contributed by atoms with E-state index in [1.807, 2.05) is 0 Å². The first-order chi connectivity index (χ1) is 9.03. The molecule has 0 amide bonds. The minimum atomic E-state index is -0.652. The van der Waals surface area contributed by atoms with Gasteiger partial charge in [0.25, 0.3) is 0 Å². The molecular weight excluding hydrogens is 244 g/mol. The Balaban J connectivity index is 2.05. The maximum atomic E-state index is 11.7.